The quantitative estimate of drug-likeness (QED) is 0.451. The van der Waals surface area contributed by atoms with Gasteiger partial charge in [0.15, 0.2) is 0 Å². The topological polar surface area (TPSA) is 93.9 Å². The lowest BCUT2D eigenvalue weighted by molar-refractivity contribution is -0.705. The van der Waals surface area contributed by atoms with E-state index in [0.717, 1.165) is 43.4 Å². The second kappa shape index (κ2) is 8.97. The molecular formula is C20H36N7+. The van der Waals surface area contributed by atoms with Crippen LogP contribution in [0.25, 0.3) is 0 Å². The van der Waals surface area contributed by atoms with E-state index in [1.54, 1.807) is 6.33 Å². The van der Waals surface area contributed by atoms with Crippen molar-refractivity contribution in [2.75, 3.05) is 37.2 Å². The van der Waals surface area contributed by atoms with Crippen LogP contribution in [0.15, 0.2) is 6.33 Å². The van der Waals surface area contributed by atoms with Crippen molar-refractivity contribution in [1.82, 2.24) is 15.2 Å². The van der Waals surface area contributed by atoms with Crippen LogP contribution in [0.4, 0.5) is 11.6 Å². The van der Waals surface area contributed by atoms with Crippen LogP contribution in [0.5, 0.6) is 0 Å². The summed E-state index contributed by atoms with van der Waals surface area (Å²) in [5.74, 6) is 1.42. The first-order valence-corrected chi connectivity index (χ1v) is 10.5. The molecule has 3 rings (SSSR count). The lowest BCUT2D eigenvalue weighted by Crippen LogP contribution is -2.50. The first-order chi connectivity index (χ1) is 13.0. The number of nitrogens with two attached hydrogens (primary N) is 1. The number of aromatic nitrogens is 2. The van der Waals surface area contributed by atoms with Crippen molar-refractivity contribution in [3.8, 4) is 0 Å². The zero-order chi connectivity index (χ0) is 19.4. The highest BCUT2D eigenvalue weighted by atomic mass is 15.2. The van der Waals surface area contributed by atoms with Crippen molar-refractivity contribution in [3.63, 3.8) is 0 Å². The number of piperazine rings is 1. The zero-order valence-corrected chi connectivity index (χ0v) is 17.1. The maximum Gasteiger partial charge on any atom is 0.233 e. The molecule has 7 nitrogen and oxygen atoms in total. The van der Waals surface area contributed by atoms with Gasteiger partial charge in [0.2, 0.25) is 18.0 Å². The molecule has 0 unspecified atom stereocenters. The summed E-state index contributed by atoms with van der Waals surface area (Å²) >= 11 is 0. The Morgan fingerprint density at radius 2 is 2.00 bits per heavy atom. The third kappa shape index (κ3) is 4.58. The molecular weight excluding hydrogens is 338 g/mol. The molecule has 0 aromatic carbocycles. The highest BCUT2D eigenvalue weighted by Crippen LogP contribution is 2.27. The first-order valence-electron chi connectivity index (χ1n) is 10.5. The van der Waals surface area contributed by atoms with E-state index in [9.17, 15) is 0 Å². The van der Waals surface area contributed by atoms with Gasteiger partial charge in [-0.15, -0.1) is 0 Å². The average molecular weight is 375 g/mol. The summed E-state index contributed by atoms with van der Waals surface area (Å²) in [6.45, 7) is 10.7. The van der Waals surface area contributed by atoms with E-state index >= 15 is 0 Å². The molecule has 7 heteroatoms. The highest BCUT2D eigenvalue weighted by Gasteiger charge is 2.29. The summed E-state index contributed by atoms with van der Waals surface area (Å²) in [7, 11) is 0. The summed E-state index contributed by atoms with van der Waals surface area (Å²) < 4.78 is 1.95. The third-order valence-electron chi connectivity index (χ3n) is 6.00. The lowest BCUT2D eigenvalue weighted by Gasteiger charge is -2.39. The molecule has 27 heavy (non-hydrogen) atoms. The minimum Gasteiger partial charge on any atom is -0.353 e. The molecule has 1 saturated heterocycles. The number of nitrogen functional groups attached to an aromatic ring is 1. The van der Waals surface area contributed by atoms with Gasteiger partial charge in [-0.25, -0.2) is 4.57 Å². The van der Waals surface area contributed by atoms with Crippen LogP contribution in [0.1, 0.15) is 64.5 Å². The number of hydrogen-bond acceptors (Lipinski definition) is 6. The number of anilines is 2. The summed E-state index contributed by atoms with van der Waals surface area (Å²) in [5.41, 5.74) is 7.74. The van der Waals surface area contributed by atoms with E-state index in [0.29, 0.717) is 24.0 Å². The Balaban J connectivity index is 1.68. The largest absolute Gasteiger partial charge is 0.353 e. The number of hydrogen-bond donors (Lipinski definition) is 4. The van der Waals surface area contributed by atoms with Gasteiger partial charge in [-0.3, -0.25) is 4.90 Å². The Kier molecular flexibility index (Phi) is 6.65. The van der Waals surface area contributed by atoms with Gasteiger partial charge in [0.1, 0.15) is 5.56 Å². The van der Waals surface area contributed by atoms with E-state index in [4.69, 9.17) is 11.1 Å². The van der Waals surface area contributed by atoms with Gasteiger partial charge in [0, 0.05) is 38.3 Å². The van der Waals surface area contributed by atoms with Gasteiger partial charge in [0.05, 0.1) is 11.8 Å². The van der Waals surface area contributed by atoms with E-state index in [-0.39, 0.29) is 6.04 Å². The zero-order valence-electron chi connectivity index (χ0n) is 17.1. The Morgan fingerprint density at radius 3 is 2.59 bits per heavy atom. The molecule has 1 aliphatic carbocycles. The second-order valence-electron chi connectivity index (χ2n) is 8.12. The molecule has 2 aliphatic rings. The molecule has 0 spiro atoms. The van der Waals surface area contributed by atoms with Gasteiger partial charge >= 0.3 is 0 Å². The Bertz CT molecular complexity index is 644. The van der Waals surface area contributed by atoms with Crippen molar-refractivity contribution in [3.05, 3.63) is 11.9 Å². The van der Waals surface area contributed by atoms with E-state index in [1.165, 1.54) is 25.9 Å². The van der Waals surface area contributed by atoms with Crippen molar-refractivity contribution in [2.45, 2.75) is 71.0 Å². The van der Waals surface area contributed by atoms with E-state index in [2.05, 4.69) is 34.4 Å². The Hall–Kier alpha value is -1.73. The van der Waals surface area contributed by atoms with E-state index < -0.39 is 0 Å². The molecule has 1 aromatic rings. The fourth-order valence-corrected chi connectivity index (χ4v) is 4.32. The standard InChI is InChI=1S/C20H35N7/c1-4-17(21)18-19(22)27(14(2)3)13-24-20(18)25-15-5-7-16(8-6-15)26-11-9-23-10-12-26/h13-16,23H,4-12H2,1-3H3,(H3,21,22,25)/p+1. The normalized spacial score (nSPS) is 24.1. The minimum atomic E-state index is 0.226. The van der Waals surface area contributed by atoms with Gasteiger partial charge < -0.3 is 21.8 Å². The van der Waals surface area contributed by atoms with Gasteiger partial charge in [0.25, 0.3) is 0 Å². The Morgan fingerprint density at radius 1 is 1.33 bits per heavy atom. The van der Waals surface area contributed by atoms with Crippen molar-refractivity contribution < 1.29 is 4.57 Å². The van der Waals surface area contributed by atoms with Crippen molar-refractivity contribution >= 4 is 17.3 Å². The fourth-order valence-electron chi connectivity index (χ4n) is 4.32. The minimum absolute atomic E-state index is 0.226. The predicted octanol–water partition coefficient (Wildman–Crippen LogP) is 1.94. The summed E-state index contributed by atoms with van der Waals surface area (Å²) in [4.78, 5) is 7.29. The molecule has 0 radical (unpaired) electrons. The molecule has 5 N–H and O–H groups in total. The van der Waals surface area contributed by atoms with Crippen LogP contribution in [-0.2, 0) is 0 Å². The summed E-state index contributed by atoms with van der Waals surface area (Å²) in [5, 5.41) is 15.5. The van der Waals surface area contributed by atoms with Gasteiger partial charge in [-0.1, -0.05) is 11.9 Å². The summed E-state index contributed by atoms with van der Waals surface area (Å²) in [6.07, 6.45) is 7.21. The lowest BCUT2D eigenvalue weighted by atomic mass is 9.89. The Labute approximate surface area is 163 Å². The molecule has 2 fully saturated rings. The van der Waals surface area contributed by atoms with Gasteiger partial charge in [-0.2, -0.15) is 0 Å². The van der Waals surface area contributed by atoms with E-state index in [1.807, 2.05) is 11.5 Å². The SMILES string of the molecule is CCC(=N)c1c(NC2CCC(N3CCNCC3)CC2)nc[n+](C(C)C)c1N. The van der Waals surface area contributed by atoms with Crippen LogP contribution in [0, 0.1) is 5.41 Å². The number of rotatable bonds is 6. The average Bonchev–Trinajstić information content (AvgIpc) is 2.68. The molecule has 1 saturated carbocycles. The molecule has 0 bridgehead atoms. The maximum atomic E-state index is 8.40. The second-order valence-corrected chi connectivity index (χ2v) is 8.12. The number of nitrogens with one attached hydrogen (secondary N) is 3. The monoisotopic (exact) mass is 374 g/mol. The highest BCUT2D eigenvalue weighted by molar-refractivity contribution is 6.05. The molecule has 0 atom stereocenters. The van der Waals surface area contributed by atoms with Crippen LogP contribution in [0.3, 0.4) is 0 Å². The summed E-state index contributed by atoms with van der Waals surface area (Å²) in [6, 6.07) is 1.36. The van der Waals surface area contributed by atoms with Crippen molar-refractivity contribution in [1.29, 1.82) is 5.41 Å². The van der Waals surface area contributed by atoms with Crippen LogP contribution >= 0.6 is 0 Å². The van der Waals surface area contributed by atoms with Crippen LogP contribution in [-0.4, -0.2) is 53.9 Å². The van der Waals surface area contributed by atoms with Crippen LogP contribution in [0.2, 0.25) is 0 Å². The molecule has 2 heterocycles. The number of nitrogens with zero attached hydrogens (tertiary/aromatic N) is 3. The third-order valence-corrected chi connectivity index (χ3v) is 6.00. The molecule has 1 aliphatic heterocycles. The molecule has 150 valence electrons. The van der Waals surface area contributed by atoms with Crippen molar-refractivity contribution in [2.24, 2.45) is 0 Å². The molecule has 1 aromatic heterocycles. The fraction of sp³-hybridized carbons (Fsp3) is 0.750. The van der Waals surface area contributed by atoms with Gasteiger partial charge in [-0.05, 0) is 46.0 Å². The maximum absolute atomic E-state index is 8.40. The smallest absolute Gasteiger partial charge is 0.233 e. The first kappa shape index (κ1) is 20.0. The van der Waals surface area contributed by atoms with Crippen LogP contribution < -0.4 is 20.9 Å². The predicted molar refractivity (Wildman–Crippen MR) is 110 cm³/mol. The molecule has 0 amide bonds.